The molecule has 6 heteroatoms. The summed E-state index contributed by atoms with van der Waals surface area (Å²) in [5.74, 6) is 0.521. The monoisotopic (exact) mass is 328 g/mol. The summed E-state index contributed by atoms with van der Waals surface area (Å²) in [6, 6.07) is 6.27. The van der Waals surface area contributed by atoms with Crippen LogP contribution in [0.2, 0.25) is 0 Å². The number of anilines is 2. The molecule has 1 aromatic carbocycles. The molecule has 2 aromatic rings. The molecule has 2 aliphatic rings. The summed E-state index contributed by atoms with van der Waals surface area (Å²) in [7, 11) is 0. The third-order valence-electron chi connectivity index (χ3n) is 5.39. The Balaban J connectivity index is 1.64. The van der Waals surface area contributed by atoms with Gasteiger partial charge < -0.3 is 10.6 Å². The van der Waals surface area contributed by atoms with E-state index in [2.05, 4.69) is 29.6 Å². The van der Waals surface area contributed by atoms with Gasteiger partial charge >= 0.3 is 0 Å². The van der Waals surface area contributed by atoms with E-state index in [1.807, 2.05) is 4.68 Å². The highest BCUT2D eigenvalue weighted by molar-refractivity contribution is 6.04. The number of rotatable bonds is 3. The molecule has 1 amide bonds. The second-order valence-electron chi connectivity index (χ2n) is 7.34. The summed E-state index contributed by atoms with van der Waals surface area (Å²) in [5.41, 5.74) is 0.795. The number of carbonyl (C=O) groups is 1. The summed E-state index contributed by atoms with van der Waals surface area (Å²) in [5, 5.41) is 10.7. The van der Waals surface area contributed by atoms with E-state index < -0.39 is 5.41 Å². The number of nitrogens with one attached hydrogen (secondary N) is 2. The predicted octanol–water partition coefficient (Wildman–Crippen LogP) is 3.14. The van der Waals surface area contributed by atoms with Crippen LogP contribution < -0.4 is 10.6 Å². The lowest BCUT2D eigenvalue weighted by Gasteiger charge is -2.22. The zero-order valence-electron chi connectivity index (χ0n) is 13.9. The molecular weight excluding hydrogens is 307 g/mol. The lowest BCUT2D eigenvalue weighted by Crippen LogP contribution is -2.32. The fraction of sp³-hybridized carbons (Fsp3) is 0.444. The molecule has 24 heavy (non-hydrogen) atoms. The van der Waals surface area contributed by atoms with Crippen LogP contribution >= 0.6 is 0 Å². The quantitative estimate of drug-likeness (QED) is 0.910. The predicted molar refractivity (Wildman–Crippen MR) is 90.4 cm³/mol. The normalized spacial score (nSPS) is 24.0. The first-order chi connectivity index (χ1) is 11.4. The number of hydrogen-bond acceptors (Lipinski definition) is 3. The highest BCUT2D eigenvalue weighted by atomic mass is 19.1. The standard InChI is InChI=1S/C18H21FN4O/c1-17(2)11-18(17,12-4-6-13(19)7-5-12)16(24)22-14-10-21-23-9-3-8-20-15(14)23/h4-7,10,20H,3,8-9,11H2,1-2H3,(H,22,24). The van der Waals surface area contributed by atoms with Gasteiger partial charge in [0.25, 0.3) is 0 Å². The molecule has 1 fully saturated rings. The third-order valence-corrected chi connectivity index (χ3v) is 5.39. The molecule has 0 radical (unpaired) electrons. The van der Waals surface area contributed by atoms with Gasteiger partial charge in [-0.1, -0.05) is 26.0 Å². The van der Waals surface area contributed by atoms with Crippen molar-refractivity contribution in [3.8, 4) is 0 Å². The molecule has 5 nitrogen and oxygen atoms in total. The van der Waals surface area contributed by atoms with E-state index in [0.29, 0.717) is 5.69 Å². The van der Waals surface area contributed by atoms with Crippen molar-refractivity contribution in [3.05, 3.63) is 41.8 Å². The molecule has 126 valence electrons. The fourth-order valence-electron chi connectivity index (χ4n) is 3.86. The van der Waals surface area contributed by atoms with Crippen LogP contribution in [-0.4, -0.2) is 22.2 Å². The van der Waals surface area contributed by atoms with Crippen molar-refractivity contribution in [2.24, 2.45) is 5.41 Å². The van der Waals surface area contributed by atoms with Gasteiger partial charge in [0.15, 0.2) is 0 Å². The van der Waals surface area contributed by atoms with Gasteiger partial charge in [-0.3, -0.25) is 4.79 Å². The lowest BCUT2D eigenvalue weighted by molar-refractivity contribution is -0.119. The van der Waals surface area contributed by atoms with Crippen LogP contribution in [0.4, 0.5) is 15.9 Å². The lowest BCUT2D eigenvalue weighted by atomic mass is 9.87. The molecule has 1 unspecified atom stereocenters. The van der Waals surface area contributed by atoms with E-state index in [-0.39, 0.29) is 17.1 Å². The number of benzene rings is 1. The van der Waals surface area contributed by atoms with Crippen molar-refractivity contribution in [1.82, 2.24) is 9.78 Å². The minimum Gasteiger partial charge on any atom is -0.368 e. The second-order valence-corrected chi connectivity index (χ2v) is 7.34. The molecule has 0 bridgehead atoms. The van der Waals surface area contributed by atoms with Gasteiger partial charge in [0.1, 0.15) is 17.3 Å². The maximum absolute atomic E-state index is 13.3. The van der Waals surface area contributed by atoms with Gasteiger partial charge in [0, 0.05) is 13.1 Å². The molecule has 1 aromatic heterocycles. The maximum Gasteiger partial charge on any atom is 0.235 e. The summed E-state index contributed by atoms with van der Waals surface area (Å²) in [6.07, 6.45) is 3.46. The first kappa shape index (κ1) is 15.2. The van der Waals surface area contributed by atoms with Gasteiger partial charge in [-0.15, -0.1) is 0 Å². The average molecular weight is 328 g/mol. The topological polar surface area (TPSA) is 59.0 Å². The van der Waals surface area contributed by atoms with Crippen molar-refractivity contribution in [2.75, 3.05) is 17.2 Å². The van der Waals surface area contributed by atoms with Crippen LogP contribution in [0.15, 0.2) is 30.5 Å². The Hall–Kier alpha value is -2.37. The van der Waals surface area contributed by atoms with E-state index in [1.165, 1.54) is 12.1 Å². The number of aryl methyl sites for hydroxylation is 1. The molecule has 1 atom stereocenters. The highest BCUT2D eigenvalue weighted by Gasteiger charge is 2.67. The van der Waals surface area contributed by atoms with Crippen LogP contribution in [-0.2, 0) is 16.8 Å². The number of hydrogen-bond donors (Lipinski definition) is 2. The van der Waals surface area contributed by atoms with Gasteiger partial charge in [0.05, 0.1) is 11.6 Å². The van der Waals surface area contributed by atoms with Crippen LogP contribution in [0, 0.1) is 11.2 Å². The van der Waals surface area contributed by atoms with Crippen molar-refractivity contribution >= 4 is 17.4 Å². The maximum atomic E-state index is 13.3. The Bertz CT molecular complexity index is 796. The van der Waals surface area contributed by atoms with Crippen LogP contribution in [0.5, 0.6) is 0 Å². The van der Waals surface area contributed by atoms with Crippen molar-refractivity contribution in [1.29, 1.82) is 0 Å². The first-order valence-corrected chi connectivity index (χ1v) is 8.31. The smallest absolute Gasteiger partial charge is 0.235 e. The number of fused-ring (bicyclic) bond motifs is 1. The minimum atomic E-state index is -0.621. The molecule has 1 saturated carbocycles. The van der Waals surface area contributed by atoms with Gasteiger partial charge in [-0.05, 0) is 36.0 Å². The Morgan fingerprint density at radius 1 is 1.33 bits per heavy atom. The van der Waals surface area contributed by atoms with Crippen LogP contribution in [0.1, 0.15) is 32.3 Å². The largest absolute Gasteiger partial charge is 0.368 e. The fourth-order valence-corrected chi connectivity index (χ4v) is 3.86. The van der Waals surface area contributed by atoms with Crippen molar-refractivity contribution in [3.63, 3.8) is 0 Å². The van der Waals surface area contributed by atoms with E-state index in [1.54, 1.807) is 18.3 Å². The molecule has 2 N–H and O–H groups in total. The van der Waals surface area contributed by atoms with E-state index >= 15 is 0 Å². The summed E-state index contributed by atoms with van der Waals surface area (Å²) in [4.78, 5) is 13.1. The Labute approximate surface area is 140 Å². The summed E-state index contributed by atoms with van der Waals surface area (Å²) < 4.78 is 15.1. The SMILES string of the molecule is CC1(C)CC1(C(=O)Nc1cnn2c1NCCC2)c1ccc(F)cc1. The van der Waals surface area contributed by atoms with Crippen LogP contribution in [0.3, 0.4) is 0 Å². The zero-order chi connectivity index (χ0) is 16.9. The Kier molecular flexibility index (Phi) is 3.20. The molecule has 4 rings (SSSR count). The van der Waals surface area contributed by atoms with Gasteiger partial charge in [-0.2, -0.15) is 5.10 Å². The summed E-state index contributed by atoms with van der Waals surface area (Å²) in [6.45, 7) is 5.87. The van der Waals surface area contributed by atoms with Crippen molar-refractivity contribution in [2.45, 2.75) is 38.6 Å². The Morgan fingerprint density at radius 2 is 2.04 bits per heavy atom. The summed E-state index contributed by atoms with van der Waals surface area (Å²) >= 11 is 0. The first-order valence-electron chi connectivity index (χ1n) is 8.31. The molecule has 0 spiro atoms. The van der Waals surface area contributed by atoms with Gasteiger partial charge in [-0.25, -0.2) is 9.07 Å². The molecule has 0 saturated heterocycles. The number of aromatic nitrogens is 2. The molecule has 1 aliphatic carbocycles. The Morgan fingerprint density at radius 3 is 2.71 bits per heavy atom. The zero-order valence-corrected chi connectivity index (χ0v) is 13.9. The molecule has 2 heterocycles. The number of carbonyl (C=O) groups excluding carboxylic acids is 1. The van der Waals surface area contributed by atoms with E-state index in [4.69, 9.17) is 0 Å². The highest BCUT2D eigenvalue weighted by Crippen LogP contribution is 2.64. The number of halogens is 1. The van der Waals surface area contributed by atoms with Crippen LogP contribution in [0.25, 0.3) is 0 Å². The number of amides is 1. The van der Waals surface area contributed by atoms with Crippen molar-refractivity contribution < 1.29 is 9.18 Å². The van der Waals surface area contributed by atoms with Gasteiger partial charge in [0.2, 0.25) is 5.91 Å². The second kappa shape index (κ2) is 5.06. The average Bonchev–Trinajstić information content (AvgIpc) is 2.95. The van der Waals surface area contributed by atoms with E-state index in [9.17, 15) is 9.18 Å². The third kappa shape index (κ3) is 2.12. The number of nitrogens with zero attached hydrogens (tertiary/aromatic N) is 2. The van der Waals surface area contributed by atoms with E-state index in [0.717, 1.165) is 37.3 Å². The molecular formula is C18H21FN4O. The molecule has 1 aliphatic heterocycles. The minimum absolute atomic E-state index is 0.0534.